The van der Waals surface area contributed by atoms with E-state index in [-0.39, 0.29) is 18.9 Å². The lowest BCUT2D eigenvalue weighted by Crippen LogP contribution is -2.34. The lowest BCUT2D eigenvalue weighted by atomic mass is 10.1. The van der Waals surface area contributed by atoms with E-state index in [1.807, 2.05) is 0 Å². The third-order valence-corrected chi connectivity index (χ3v) is 2.30. The summed E-state index contributed by atoms with van der Waals surface area (Å²) in [5.74, 6) is 1.64. The van der Waals surface area contributed by atoms with Crippen molar-refractivity contribution in [3.8, 4) is 18.1 Å². The van der Waals surface area contributed by atoms with Gasteiger partial charge in [0, 0.05) is 11.6 Å². The number of carbonyl (C=O) groups excluding carboxylic acids is 1. The van der Waals surface area contributed by atoms with Crippen LogP contribution >= 0.6 is 0 Å². The van der Waals surface area contributed by atoms with Gasteiger partial charge in [0.15, 0.2) is 0 Å². The van der Waals surface area contributed by atoms with Crippen LogP contribution in [0.4, 0.5) is 0 Å². The monoisotopic (exact) mass is 261 g/mol. The third kappa shape index (κ3) is 5.13. The molecule has 1 aromatic rings. The van der Waals surface area contributed by atoms with Crippen LogP contribution in [0.25, 0.3) is 0 Å². The Bertz CT molecular complexity index is 487. The van der Waals surface area contributed by atoms with E-state index in [9.17, 15) is 9.59 Å². The molecule has 0 saturated carbocycles. The summed E-state index contributed by atoms with van der Waals surface area (Å²) in [7, 11) is 0. The lowest BCUT2D eigenvalue weighted by Gasteiger charge is -2.11. The molecule has 0 aromatic heterocycles. The molecule has 0 spiro atoms. The normalized spacial score (nSPS) is 11.2. The fourth-order valence-corrected chi connectivity index (χ4v) is 1.45. The predicted octanol–water partition coefficient (Wildman–Crippen LogP) is 1.29. The smallest absolute Gasteiger partial charge is 0.305 e. The van der Waals surface area contributed by atoms with E-state index in [2.05, 4.69) is 11.2 Å². The maximum Gasteiger partial charge on any atom is 0.305 e. The van der Waals surface area contributed by atoms with E-state index < -0.39 is 12.0 Å². The van der Waals surface area contributed by atoms with Crippen molar-refractivity contribution in [3.63, 3.8) is 0 Å². The number of carboxylic acid groups (broad SMARTS) is 1. The highest BCUT2D eigenvalue weighted by molar-refractivity contribution is 5.94. The predicted molar refractivity (Wildman–Crippen MR) is 70.0 cm³/mol. The summed E-state index contributed by atoms with van der Waals surface area (Å²) in [6.45, 7) is 1.80. The molecule has 0 fully saturated rings. The molecular weight excluding hydrogens is 246 g/mol. The Morgan fingerprint density at radius 1 is 1.42 bits per heavy atom. The lowest BCUT2D eigenvalue weighted by molar-refractivity contribution is -0.137. The first kappa shape index (κ1) is 14.6. The molecule has 1 unspecified atom stereocenters. The minimum Gasteiger partial charge on any atom is -0.481 e. The molecule has 19 heavy (non-hydrogen) atoms. The second-order valence-corrected chi connectivity index (χ2v) is 3.99. The number of amides is 1. The fourth-order valence-electron chi connectivity index (χ4n) is 1.45. The van der Waals surface area contributed by atoms with Gasteiger partial charge in [-0.2, -0.15) is 0 Å². The zero-order valence-corrected chi connectivity index (χ0v) is 10.6. The molecule has 1 rings (SSSR count). The highest BCUT2D eigenvalue weighted by atomic mass is 16.5. The Labute approximate surface area is 111 Å². The van der Waals surface area contributed by atoms with Crippen LogP contribution in [0.5, 0.6) is 5.75 Å². The van der Waals surface area contributed by atoms with E-state index in [4.69, 9.17) is 16.3 Å². The summed E-state index contributed by atoms with van der Waals surface area (Å²) in [6, 6.07) is 6.02. The summed E-state index contributed by atoms with van der Waals surface area (Å²) in [6.07, 6.45) is 4.95. The van der Waals surface area contributed by atoms with Gasteiger partial charge < -0.3 is 15.2 Å². The molecule has 0 saturated heterocycles. The summed E-state index contributed by atoms with van der Waals surface area (Å²) in [5.41, 5.74) is 0.435. The van der Waals surface area contributed by atoms with Gasteiger partial charge in [0.05, 0.1) is 6.42 Å². The number of rotatable bonds is 6. The maximum atomic E-state index is 11.8. The van der Waals surface area contributed by atoms with Gasteiger partial charge in [0.2, 0.25) is 0 Å². The molecule has 1 atom stereocenters. The highest BCUT2D eigenvalue weighted by Gasteiger charge is 2.12. The molecule has 0 aliphatic rings. The van der Waals surface area contributed by atoms with Crippen LogP contribution in [0.2, 0.25) is 0 Å². The fraction of sp³-hybridized carbons (Fsp3) is 0.286. The number of ether oxygens (including phenoxy) is 1. The zero-order chi connectivity index (χ0) is 14.3. The van der Waals surface area contributed by atoms with Crippen molar-refractivity contribution < 1.29 is 19.4 Å². The first-order valence-corrected chi connectivity index (χ1v) is 5.72. The summed E-state index contributed by atoms with van der Waals surface area (Å²) >= 11 is 0. The van der Waals surface area contributed by atoms with Gasteiger partial charge >= 0.3 is 5.97 Å². The van der Waals surface area contributed by atoms with Crippen molar-refractivity contribution in [2.24, 2.45) is 0 Å². The Kier molecular flexibility index (Phi) is 5.42. The number of aliphatic carboxylic acids is 1. The number of carbonyl (C=O) groups is 2. The molecule has 0 heterocycles. The minimum atomic E-state index is -0.953. The zero-order valence-electron chi connectivity index (χ0n) is 10.6. The Morgan fingerprint density at radius 3 is 2.58 bits per heavy atom. The van der Waals surface area contributed by atoms with Crippen LogP contribution < -0.4 is 10.1 Å². The van der Waals surface area contributed by atoms with Crippen molar-refractivity contribution in [2.75, 3.05) is 6.61 Å². The van der Waals surface area contributed by atoms with Crippen LogP contribution in [0.15, 0.2) is 24.3 Å². The van der Waals surface area contributed by atoms with E-state index in [0.29, 0.717) is 11.3 Å². The second kappa shape index (κ2) is 7.07. The molecule has 0 bridgehead atoms. The molecule has 0 aliphatic carbocycles. The first-order valence-electron chi connectivity index (χ1n) is 5.72. The molecule has 100 valence electrons. The average Bonchev–Trinajstić information content (AvgIpc) is 2.35. The van der Waals surface area contributed by atoms with Crippen molar-refractivity contribution in [3.05, 3.63) is 29.8 Å². The SMILES string of the molecule is C#CCOc1ccc(C(=O)NC(C)CC(=O)O)cc1. The molecule has 2 N–H and O–H groups in total. The van der Waals surface area contributed by atoms with Gasteiger partial charge in [-0.05, 0) is 31.2 Å². The number of hydrogen-bond acceptors (Lipinski definition) is 3. The van der Waals surface area contributed by atoms with Crippen LogP contribution in [0, 0.1) is 12.3 Å². The number of terminal acetylenes is 1. The van der Waals surface area contributed by atoms with E-state index in [1.165, 1.54) is 0 Å². The molecular formula is C14H15NO4. The molecule has 0 radical (unpaired) electrons. The van der Waals surface area contributed by atoms with Crippen LogP contribution in [-0.4, -0.2) is 29.6 Å². The summed E-state index contributed by atoms with van der Waals surface area (Å²) in [5, 5.41) is 11.2. The average molecular weight is 261 g/mol. The standard InChI is InChI=1S/C14H15NO4/c1-3-8-19-12-6-4-11(5-7-12)14(18)15-10(2)9-13(16)17/h1,4-7,10H,8-9H2,2H3,(H,15,18)(H,16,17). The van der Waals surface area contributed by atoms with Crippen LogP contribution in [0.3, 0.4) is 0 Å². The van der Waals surface area contributed by atoms with Crippen molar-refractivity contribution in [1.29, 1.82) is 0 Å². The third-order valence-electron chi connectivity index (χ3n) is 2.30. The van der Waals surface area contributed by atoms with Crippen LogP contribution in [-0.2, 0) is 4.79 Å². The van der Waals surface area contributed by atoms with Gasteiger partial charge in [-0.3, -0.25) is 9.59 Å². The largest absolute Gasteiger partial charge is 0.481 e. The van der Waals surface area contributed by atoms with Crippen LogP contribution in [0.1, 0.15) is 23.7 Å². The van der Waals surface area contributed by atoms with E-state index in [0.717, 1.165) is 0 Å². The maximum absolute atomic E-state index is 11.8. The Hall–Kier alpha value is -2.48. The Balaban J connectivity index is 2.58. The molecule has 0 aliphatic heterocycles. The van der Waals surface area contributed by atoms with Crippen molar-refractivity contribution in [2.45, 2.75) is 19.4 Å². The van der Waals surface area contributed by atoms with E-state index in [1.54, 1.807) is 31.2 Å². The molecule has 5 nitrogen and oxygen atoms in total. The number of benzene rings is 1. The minimum absolute atomic E-state index is 0.116. The quantitative estimate of drug-likeness (QED) is 0.757. The van der Waals surface area contributed by atoms with Gasteiger partial charge in [0.1, 0.15) is 12.4 Å². The molecule has 1 aromatic carbocycles. The van der Waals surface area contributed by atoms with Gasteiger partial charge in [-0.25, -0.2) is 0 Å². The second-order valence-electron chi connectivity index (χ2n) is 3.99. The number of hydrogen-bond donors (Lipinski definition) is 2. The number of carboxylic acids is 1. The van der Waals surface area contributed by atoms with Crippen molar-refractivity contribution in [1.82, 2.24) is 5.32 Å². The van der Waals surface area contributed by atoms with E-state index >= 15 is 0 Å². The Morgan fingerprint density at radius 2 is 2.05 bits per heavy atom. The topological polar surface area (TPSA) is 75.6 Å². The first-order chi connectivity index (χ1) is 9.02. The highest BCUT2D eigenvalue weighted by Crippen LogP contribution is 2.12. The van der Waals surface area contributed by atoms with Gasteiger partial charge in [0.25, 0.3) is 5.91 Å². The number of nitrogens with one attached hydrogen (secondary N) is 1. The summed E-state index contributed by atoms with van der Waals surface area (Å²) in [4.78, 5) is 22.3. The van der Waals surface area contributed by atoms with Gasteiger partial charge in [-0.1, -0.05) is 5.92 Å². The summed E-state index contributed by atoms with van der Waals surface area (Å²) < 4.78 is 5.18. The van der Waals surface area contributed by atoms with Gasteiger partial charge in [-0.15, -0.1) is 6.42 Å². The molecule has 5 heteroatoms. The van der Waals surface area contributed by atoms with Crippen molar-refractivity contribution >= 4 is 11.9 Å². The molecule has 1 amide bonds.